The second-order valence-corrected chi connectivity index (χ2v) is 9.78. The molecule has 2 aromatic carbocycles. The number of methoxy groups -OCH3 is 1. The van der Waals surface area contributed by atoms with Gasteiger partial charge < -0.3 is 33.9 Å². The molecule has 8 heteroatoms. The van der Waals surface area contributed by atoms with E-state index in [2.05, 4.69) is 27.7 Å². The molecule has 0 aliphatic rings. The lowest BCUT2D eigenvalue weighted by molar-refractivity contribution is 0.196. The summed E-state index contributed by atoms with van der Waals surface area (Å²) in [6.07, 6.45) is 2.64. The number of hydrogen-bond donors (Lipinski definition) is 3. The van der Waals surface area contributed by atoms with Crippen molar-refractivity contribution in [2.24, 2.45) is 11.8 Å². The lowest BCUT2D eigenvalue weighted by Crippen LogP contribution is -2.12. The first-order valence-corrected chi connectivity index (χ1v) is 12.6. The minimum absolute atomic E-state index is 0.0487. The van der Waals surface area contributed by atoms with Crippen molar-refractivity contribution in [3.63, 3.8) is 0 Å². The van der Waals surface area contributed by atoms with Gasteiger partial charge in [-0.05, 0) is 37.5 Å². The predicted octanol–water partition coefficient (Wildman–Crippen LogP) is 4.58. The van der Waals surface area contributed by atoms with Crippen LogP contribution in [0.3, 0.4) is 0 Å². The molecular formula is C28H38O8. The first-order chi connectivity index (χ1) is 17.2. The molecule has 0 spiro atoms. The second-order valence-electron chi connectivity index (χ2n) is 9.78. The molecule has 1 heterocycles. The average molecular weight is 503 g/mol. The zero-order chi connectivity index (χ0) is 26.4. The Morgan fingerprint density at radius 3 is 1.92 bits per heavy atom. The highest BCUT2D eigenvalue weighted by atomic mass is 16.5. The van der Waals surface area contributed by atoms with E-state index in [0.29, 0.717) is 64.0 Å². The number of fused-ring (bicyclic) bond motifs is 2. The summed E-state index contributed by atoms with van der Waals surface area (Å²) in [6.45, 7) is 8.10. The third-order valence-corrected chi connectivity index (χ3v) is 6.16. The molecule has 0 saturated heterocycles. The molecule has 0 fully saturated rings. The molecule has 1 aromatic heterocycles. The maximum Gasteiger partial charge on any atom is 0.204 e. The van der Waals surface area contributed by atoms with E-state index in [9.17, 15) is 20.1 Å². The molecule has 0 radical (unpaired) electrons. The lowest BCUT2D eigenvalue weighted by Gasteiger charge is -2.19. The van der Waals surface area contributed by atoms with Gasteiger partial charge in [0.1, 0.15) is 41.3 Å². The van der Waals surface area contributed by atoms with Crippen LogP contribution in [-0.2, 0) is 12.8 Å². The Kier molecular flexibility index (Phi) is 9.45. The summed E-state index contributed by atoms with van der Waals surface area (Å²) in [4.78, 5) is 13.9. The number of benzene rings is 2. The van der Waals surface area contributed by atoms with E-state index in [-0.39, 0.29) is 48.6 Å². The van der Waals surface area contributed by atoms with Gasteiger partial charge in [-0.25, -0.2) is 0 Å². The second kappa shape index (κ2) is 12.3. The summed E-state index contributed by atoms with van der Waals surface area (Å²) in [6, 6.07) is 3.19. The summed E-state index contributed by atoms with van der Waals surface area (Å²) in [5.74, 6) is 1.76. The molecule has 0 saturated carbocycles. The fourth-order valence-electron chi connectivity index (χ4n) is 4.32. The number of rotatable bonds is 13. The summed E-state index contributed by atoms with van der Waals surface area (Å²) in [5.41, 5.74) is 1.29. The highest BCUT2D eigenvalue weighted by Gasteiger charge is 2.25. The quantitative estimate of drug-likeness (QED) is 0.291. The van der Waals surface area contributed by atoms with Crippen molar-refractivity contribution < 1.29 is 33.9 Å². The van der Waals surface area contributed by atoms with Gasteiger partial charge in [0.25, 0.3) is 0 Å². The van der Waals surface area contributed by atoms with Gasteiger partial charge in [0.2, 0.25) is 5.43 Å². The third-order valence-electron chi connectivity index (χ3n) is 6.16. The maximum absolute atomic E-state index is 13.9. The standard InChI is InChI=1S/C28H38O8/c1-16(2)6-8-18-20(34-12-10-29)14-22-25(26(18)31)27(32)24-19(9-7-17(3)4)28(33-5)23(35-13-11-30)15-21(24)36-22/h14-17,29-31H,6-13H2,1-5H3. The van der Waals surface area contributed by atoms with Crippen LogP contribution < -0.4 is 19.6 Å². The molecule has 3 N–H and O–H groups in total. The Balaban J connectivity index is 2.37. The fourth-order valence-corrected chi connectivity index (χ4v) is 4.32. The monoisotopic (exact) mass is 502 g/mol. The molecule has 0 unspecified atom stereocenters. The van der Waals surface area contributed by atoms with E-state index < -0.39 is 0 Å². The van der Waals surface area contributed by atoms with Crippen LogP contribution in [0.4, 0.5) is 0 Å². The van der Waals surface area contributed by atoms with Gasteiger partial charge in [-0.2, -0.15) is 0 Å². The third kappa shape index (κ3) is 5.87. The number of aliphatic hydroxyl groups is 2. The number of phenols is 1. The zero-order valence-corrected chi connectivity index (χ0v) is 21.8. The van der Waals surface area contributed by atoms with Crippen LogP contribution in [-0.4, -0.2) is 48.9 Å². The van der Waals surface area contributed by atoms with Crippen molar-refractivity contribution in [3.05, 3.63) is 33.5 Å². The van der Waals surface area contributed by atoms with Crippen molar-refractivity contribution in [2.45, 2.75) is 53.4 Å². The molecule has 3 rings (SSSR count). The SMILES string of the molecule is COc1c(OCCO)cc2oc3cc(OCCO)c(CCC(C)C)c(O)c3c(=O)c2c1CCC(C)C. The minimum atomic E-state index is -0.353. The first kappa shape index (κ1) is 27.6. The van der Waals surface area contributed by atoms with E-state index in [1.165, 1.54) is 7.11 Å². The molecule has 36 heavy (non-hydrogen) atoms. The molecule has 0 atom stereocenters. The molecular weight excluding hydrogens is 464 g/mol. The zero-order valence-electron chi connectivity index (χ0n) is 21.8. The van der Waals surface area contributed by atoms with Crippen LogP contribution in [0.1, 0.15) is 51.7 Å². The summed E-state index contributed by atoms with van der Waals surface area (Å²) in [5, 5.41) is 30.3. The van der Waals surface area contributed by atoms with E-state index in [0.717, 1.165) is 12.8 Å². The maximum atomic E-state index is 13.9. The minimum Gasteiger partial charge on any atom is -0.507 e. The van der Waals surface area contributed by atoms with Crippen LogP contribution in [0, 0.1) is 11.8 Å². The van der Waals surface area contributed by atoms with Gasteiger partial charge in [0.05, 0.1) is 25.7 Å². The Labute approximate surface area is 211 Å². The number of ether oxygens (including phenoxy) is 3. The Hall–Kier alpha value is -2.97. The molecule has 3 aromatic rings. The molecule has 0 bridgehead atoms. The summed E-state index contributed by atoms with van der Waals surface area (Å²) >= 11 is 0. The molecule has 0 aliphatic carbocycles. The van der Waals surface area contributed by atoms with Gasteiger partial charge in [-0.1, -0.05) is 27.7 Å². The summed E-state index contributed by atoms with van der Waals surface area (Å²) in [7, 11) is 1.51. The predicted molar refractivity (Wildman–Crippen MR) is 140 cm³/mol. The Morgan fingerprint density at radius 2 is 1.36 bits per heavy atom. The summed E-state index contributed by atoms with van der Waals surface area (Å²) < 4.78 is 23.3. The van der Waals surface area contributed by atoms with Crippen LogP contribution >= 0.6 is 0 Å². The average Bonchev–Trinajstić information content (AvgIpc) is 2.83. The van der Waals surface area contributed by atoms with Crippen LogP contribution in [0.25, 0.3) is 21.9 Å². The lowest BCUT2D eigenvalue weighted by atomic mass is 9.95. The first-order valence-electron chi connectivity index (χ1n) is 12.6. The van der Waals surface area contributed by atoms with E-state index in [1.54, 1.807) is 12.1 Å². The highest BCUT2D eigenvalue weighted by Crippen LogP contribution is 2.42. The Bertz CT molecular complexity index is 1240. The largest absolute Gasteiger partial charge is 0.507 e. The molecule has 8 nitrogen and oxygen atoms in total. The van der Waals surface area contributed by atoms with Crippen LogP contribution in [0.2, 0.25) is 0 Å². The van der Waals surface area contributed by atoms with Gasteiger partial charge in [-0.3, -0.25) is 4.79 Å². The Morgan fingerprint density at radius 1 is 0.833 bits per heavy atom. The highest BCUT2D eigenvalue weighted by molar-refractivity contribution is 5.97. The van der Waals surface area contributed by atoms with E-state index >= 15 is 0 Å². The van der Waals surface area contributed by atoms with Crippen molar-refractivity contribution >= 4 is 21.9 Å². The fraction of sp³-hybridized carbons (Fsp3) is 0.536. The number of phenolic OH excluding ortho intramolecular Hbond substituents is 1. The van der Waals surface area contributed by atoms with Crippen molar-refractivity contribution in [2.75, 3.05) is 33.5 Å². The van der Waals surface area contributed by atoms with Crippen molar-refractivity contribution in [1.29, 1.82) is 0 Å². The molecule has 198 valence electrons. The van der Waals surface area contributed by atoms with Crippen LogP contribution in [0.15, 0.2) is 21.3 Å². The van der Waals surface area contributed by atoms with Gasteiger partial charge in [-0.15, -0.1) is 0 Å². The normalized spacial score (nSPS) is 11.7. The van der Waals surface area contributed by atoms with Gasteiger partial charge >= 0.3 is 0 Å². The van der Waals surface area contributed by atoms with Crippen molar-refractivity contribution in [3.8, 4) is 23.0 Å². The number of aryl methyl sites for hydroxylation is 1. The molecule has 0 aliphatic heterocycles. The number of hydrogen-bond acceptors (Lipinski definition) is 8. The number of aliphatic hydroxyl groups excluding tert-OH is 2. The van der Waals surface area contributed by atoms with Crippen LogP contribution in [0.5, 0.6) is 23.0 Å². The van der Waals surface area contributed by atoms with Gasteiger partial charge in [0, 0.05) is 23.3 Å². The molecule has 0 amide bonds. The smallest absolute Gasteiger partial charge is 0.204 e. The van der Waals surface area contributed by atoms with Gasteiger partial charge in [0.15, 0.2) is 11.5 Å². The number of aromatic hydroxyl groups is 1. The topological polar surface area (TPSA) is 119 Å². The van der Waals surface area contributed by atoms with E-state index in [1.807, 2.05) is 0 Å². The van der Waals surface area contributed by atoms with Crippen molar-refractivity contribution in [1.82, 2.24) is 0 Å². The van der Waals surface area contributed by atoms with E-state index in [4.69, 9.17) is 18.6 Å².